The second-order valence-electron chi connectivity index (χ2n) is 6.23. The van der Waals surface area contributed by atoms with Crippen LogP contribution in [-0.2, 0) is 25.6 Å². The molecule has 2 aromatic rings. The quantitative estimate of drug-likeness (QED) is 0.317. The van der Waals surface area contributed by atoms with Gasteiger partial charge in [-0.05, 0) is 18.6 Å². The van der Waals surface area contributed by atoms with Crippen molar-refractivity contribution >= 4 is 34.6 Å². The van der Waals surface area contributed by atoms with Crippen molar-refractivity contribution in [2.45, 2.75) is 25.4 Å². The number of aliphatic carboxylic acids is 1. The highest BCUT2D eigenvalue weighted by Crippen LogP contribution is 2.19. The van der Waals surface area contributed by atoms with E-state index < -0.39 is 35.8 Å². The Kier molecular flexibility index (Phi) is 7.10. The third-order valence-electron chi connectivity index (χ3n) is 4.12. The van der Waals surface area contributed by atoms with Crippen molar-refractivity contribution in [3.63, 3.8) is 0 Å². The van der Waals surface area contributed by atoms with E-state index in [2.05, 4.69) is 20.9 Å². The van der Waals surface area contributed by atoms with Crippen molar-refractivity contribution in [2.75, 3.05) is 13.1 Å². The fourth-order valence-electron chi connectivity index (χ4n) is 2.63. The number of rotatable bonds is 9. The monoisotopic (exact) mass is 389 g/mol. The summed E-state index contributed by atoms with van der Waals surface area (Å²) in [7, 11) is 0. The SMILES string of the molecule is CC(NC(=O)CNC(=O)CN)C(=O)NC(Cc1c[nH]c2ccccc12)C(=O)O. The molecule has 1 aromatic heterocycles. The van der Waals surface area contributed by atoms with Gasteiger partial charge in [0.1, 0.15) is 12.1 Å². The van der Waals surface area contributed by atoms with Crippen LogP contribution >= 0.6 is 0 Å². The molecule has 3 amide bonds. The maximum absolute atomic E-state index is 12.3. The molecule has 0 radical (unpaired) electrons. The molecular weight excluding hydrogens is 366 g/mol. The molecule has 0 aliphatic carbocycles. The second kappa shape index (κ2) is 9.51. The van der Waals surface area contributed by atoms with E-state index in [1.54, 1.807) is 6.20 Å². The Morgan fingerprint density at radius 1 is 1.14 bits per heavy atom. The Balaban J connectivity index is 1.95. The van der Waals surface area contributed by atoms with Gasteiger partial charge in [-0.25, -0.2) is 4.79 Å². The Bertz CT molecular complexity index is 878. The number of aromatic amines is 1. The summed E-state index contributed by atoms with van der Waals surface area (Å²) in [4.78, 5) is 49.7. The van der Waals surface area contributed by atoms with E-state index in [0.29, 0.717) is 0 Å². The van der Waals surface area contributed by atoms with E-state index >= 15 is 0 Å². The van der Waals surface area contributed by atoms with Crippen molar-refractivity contribution in [3.8, 4) is 0 Å². The number of amides is 3. The van der Waals surface area contributed by atoms with Crippen LogP contribution in [0.5, 0.6) is 0 Å². The fourth-order valence-corrected chi connectivity index (χ4v) is 2.63. The molecule has 0 aliphatic heterocycles. The summed E-state index contributed by atoms with van der Waals surface area (Å²) in [5.74, 6) is -2.93. The van der Waals surface area contributed by atoms with Crippen molar-refractivity contribution in [1.29, 1.82) is 0 Å². The summed E-state index contributed by atoms with van der Waals surface area (Å²) in [6.45, 7) is 0.839. The number of aromatic nitrogens is 1. The summed E-state index contributed by atoms with van der Waals surface area (Å²) in [5.41, 5.74) is 6.74. The molecule has 0 spiro atoms. The normalized spacial score (nSPS) is 12.8. The molecule has 28 heavy (non-hydrogen) atoms. The molecule has 7 N–H and O–H groups in total. The van der Waals surface area contributed by atoms with Gasteiger partial charge in [0, 0.05) is 23.5 Å². The standard InChI is InChI=1S/C18H23N5O5/c1-10(22-16(25)9-21-15(24)7-19)17(26)23-14(18(27)28)6-11-8-20-13-5-3-2-4-12(11)13/h2-5,8,10,14,20H,6-7,9,19H2,1H3,(H,21,24)(H,22,25)(H,23,26)(H,27,28). The minimum atomic E-state index is -1.19. The number of carbonyl (C=O) groups is 4. The van der Waals surface area contributed by atoms with Crippen LogP contribution in [0.3, 0.4) is 0 Å². The van der Waals surface area contributed by atoms with Crippen LogP contribution in [0, 0.1) is 0 Å². The van der Waals surface area contributed by atoms with E-state index in [-0.39, 0.29) is 19.5 Å². The summed E-state index contributed by atoms with van der Waals surface area (Å²) < 4.78 is 0. The number of hydrogen-bond donors (Lipinski definition) is 6. The number of para-hydroxylation sites is 1. The Labute approximate surface area is 160 Å². The van der Waals surface area contributed by atoms with Gasteiger partial charge in [-0.3, -0.25) is 14.4 Å². The minimum absolute atomic E-state index is 0.0817. The number of carboxylic acid groups (broad SMARTS) is 1. The lowest BCUT2D eigenvalue weighted by Gasteiger charge is -2.18. The number of carboxylic acids is 1. The lowest BCUT2D eigenvalue weighted by molar-refractivity contribution is -0.142. The minimum Gasteiger partial charge on any atom is -0.480 e. The molecule has 10 heteroatoms. The van der Waals surface area contributed by atoms with Gasteiger partial charge in [0.2, 0.25) is 17.7 Å². The molecule has 0 aliphatic rings. The predicted octanol–water partition coefficient (Wildman–Crippen LogP) is -1.14. The molecule has 2 atom stereocenters. The van der Waals surface area contributed by atoms with Gasteiger partial charge in [0.05, 0.1) is 13.1 Å². The maximum Gasteiger partial charge on any atom is 0.326 e. The molecular formula is C18H23N5O5. The van der Waals surface area contributed by atoms with Gasteiger partial charge < -0.3 is 31.8 Å². The molecule has 10 nitrogen and oxygen atoms in total. The number of benzene rings is 1. The van der Waals surface area contributed by atoms with E-state index in [4.69, 9.17) is 5.73 Å². The first kappa shape index (κ1) is 20.9. The van der Waals surface area contributed by atoms with Gasteiger partial charge in [0.25, 0.3) is 0 Å². The van der Waals surface area contributed by atoms with Gasteiger partial charge in [0.15, 0.2) is 0 Å². The highest BCUT2D eigenvalue weighted by Gasteiger charge is 2.25. The van der Waals surface area contributed by atoms with Gasteiger partial charge in [-0.2, -0.15) is 0 Å². The number of carbonyl (C=O) groups excluding carboxylic acids is 3. The second-order valence-corrected chi connectivity index (χ2v) is 6.23. The number of H-pyrrole nitrogens is 1. The molecule has 0 saturated carbocycles. The van der Waals surface area contributed by atoms with E-state index in [0.717, 1.165) is 16.5 Å². The molecule has 1 heterocycles. The zero-order valence-corrected chi connectivity index (χ0v) is 15.3. The zero-order valence-electron chi connectivity index (χ0n) is 15.3. The molecule has 0 fully saturated rings. The number of nitrogens with one attached hydrogen (secondary N) is 4. The van der Waals surface area contributed by atoms with Crippen LogP contribution in [0.1, 0.15) is 12.5 Å². The fraction of sp³-hybridized carbons (Fsp3) is 0.333. The van der Waals surface area contributed by atoms with Gasteiger partial charge in [-0.1, -0.05) is 18.2 Å². The number of nitrogens with two attached hydrogens (primary N) is 1. The summed E-state index contributed by atoms with van der Waals surface area (Å²) in [6, 6.07) is 5.29. The molecule has 2 rings (SSSR count). The molecule has 150 valence electrons. The Hall–Kier alpha value is -3.40. The highest BCUT2D eigenvalue weighted by molar-refractivity contribution is 5.92. The largest absolute Gasteiger partial charge is 0.480 e. The molecule has 0 bridgehead atoms. The Morgan fingerprint density at radius 3 is 2.54 bits per heavy atom. The lowest BCUT2D eigenvalue weighted by Crippen LogP contribution is -2.52. The van der Waals surface area contributed by atoms with Crippen molar-refractivity contribution in [1.82, 2.24) is 20.9 Å². The number of hydrogen-bond acceptors (Lipinski definition) is 5. The smallest absolute Gasteiger partial charge is 0.326 e. The summed E-state index contributed by atoms with van der Waals surface area (Å²) >= 11 is 0. The van der Waals surface area contributed by atoms with E-state index in [9.17, 15) is 24.3 Å². The van der Waals surface area contributed by atoms with Crippen LogP contribution in [0.25, 0.3) is 10.9 Å². The van der Waals surface area contributed by atoms with Crippen LogP contribution in [0.15, 0.2) is 30.5 Å². The van der Waals surface area contributed by atoms with Crippen LogP contribution in [0.4, 0.5) is 0 Å². The number of fused-ring (bicyclic) bond motifs is 1. The first-order valence-electron chi connectivity index (χ1n) is 8.66. The van der Waals surface area contributed by atoms with Crippen molar-refractivity contribution in [2.24, 2.45) is 5.73 Å². The highest BCUT2D eigenvalue weighted by atomic mass is 16.4. The summed E-state index contributed by atoms with van der Waals surface area (Å²) in [5, 5.41) is 17.4. The van der Waals surface area contributed by atoms with Crippen LogP contribution in [0.2, 0.25) is 0 Å². The van der Waals surface area contributed by atoms with Crippen molar-refractivity contribution in [3.05, 3.63) is 36.0 Å². The average Bonchev–Trinajstić information content (AvgIpc) is 3.08. The maximum atomic E-state index is 12.3. The van der Waals surface area contributed by atoms with E-state index in [1.165, 1.54) is 6.92 Å². The average molecular weight is 389 g/mol. The van der Waals surface area contributed by atoms with Gasteiger partial charge >= 0.3 is 5.97 Å². The third kappa shape index (κ3) is 5.55. The first-order valence-corrected chi connectivity index (χ1v) is 8.66. The molecule has 0 saturated heterocycles. The van der Waals surface area contributed by atoms with Crippen LogP contribution in [-0.4, -0.2) is 59.0 Å². The molecule has 2 unspecified atom stereocenters. The zero-order chi connectivity index (χ0) is 20.7. The summed E-state index contributed by atoms with van der Waals surface area (Å²) in [6.07, 6.45) is 1.79. The topological polar surface area (TPSA) is 166 Å². The van der Waals surface area contributed by atoms with Gasteiger partial charge in [-0.15, -0.1) is 0 Å². The third-order valence-corrected chi connectivity index (χ3v) is 4.12. The van der Waals surface area contributed by atoms with Crippen LogP contribution < -0.4 is 21.7 Å². The van der Waals surface area contributed by atoms with E-state index in [1.807, 2.05) is 24.3 Å². The van der Waals surface area contributed by atoms with Crippen molar-refractivity contribution < 1.29 is 24.3 Å². The Morgan fingerprint density at radius 2 is 1.86 bits per heavy atom. The first-order chi connectivity index (χ1) is 13.3. The lowest BCUT2D eigenvalue weighted by atomic mass is 10.0. The molecule has 1 aromatic carbocycles. The predicted molar refractivity (Wildman–Crippen MR) is 101 cm³/mol.